The zero-order chi connectivity index (χ0) is 14.0. The van der Waals surface area contributed by atoms with Crippen LogP contribution < -0.4 is 5.73 Å². The average Bonchev–Trinajstić information content (AvgIpc) is 2.37. The molecule has 1 nitrogen and oxygen atoms in total. The highest BCUT2D eigenvalue weighted by Crippen LogP contribution is 2.24. The molecule has 0 bridgehead atoms. The molecule has 0 saturated heterocycles. The smallest absolute Gasteiger partial charge is 0.126 e. The minimum Gasteiger partial charge on any atom is -0.324 e. The number of aryl methyl sites for hydroxylation is 1. The van der Waals surface area contributed by atoms with Crippen molar-refractivity contribution in [1.82, 2.24) is 0 Å². The van der Waals surface area contributed by atoms with E-state index < -0.39 is 0 Å². The Morgan fingerprint density at radius 2 is 1.89 bits per heavy atom. The fraction of sp³-hybridized carbons (Fsp3) is 0.200. The van der Waals surface area contributed by atoms with Crippen molar-refractivity contribution < 1.29 is 8.78 Å². The molecular weight excluding hydrogens is 312 g/mol. The maximum Gasteiger partial charge on any atom is 0.126 e. The van der Waals surface area contributed by atoms with Gasteiger partial charge < -0.3 is 5.73 Å². The molecule has 0 spiro atoms. The fourth-order valence-corrected chi connectivity index (χ4v) is 2.36. The summed E-state index contributed by atoms with van der Waals surface area (Å²) >= 11 is 3.38. The maximum absolute atomic E-state index is 13.2. The van der Waals surface area contributed by atoms with E-state index in [1.165, 1.54) is 18.2 Å². The second kappa shape index (κ2) is 5.80. The molecule has 0 aromatic heterocycles. The minimum absolute atomic E-state index is 0.247. The molecule has 4 heteroatoms. The largest absolute Gasteiger partial charge is 0.324 e. The summed E-state index contributed by atoms with van der Waals surface area (Å²) in [7, 11) is 0. The molecule has 0 radical (unpaired) electrons. The van der Waals surface area contributed by atoms with E-state index in [9.17, 15) is 8.78 Å². The highest BCUT2D eigenvalue weighted by molar-refractivity contribution is 9.10. The van der Waals surface area contributed by atoms with Gasteiger partial charge in [0.15, 0.2) is 0 Å². The Morgan fingerprint density at radius 3 is 2.58 bits per heavy atom. The van der Waals surface area contributed by atoms with Gasteiger partial charge >= 0.3 is 0 Å². The van der Waals surface area contributed by atoms with Gasteiger partial charge in [-0.25, -0.2) is 8.78 Å². The topological polar surface area (TPSA) is 26.0 Å². The third kappa shape index (κ3) is 3.39. The summed E-state index contributed by atoms with van der Waals surface area (Å²) in [4.78, 5) is 0. The first-order valence-electron chi connectivity index (χ1n) is 5.93. The third-order valence-corrected chi connectivity index (χ3v) is 3.83. The van der Waals surface area contributed by atoms with E-state index in [4.69, 9.17) is 5.73 Å². The van der Waals surface area contributed by atoms with Gasteiger partial charge in [-0.15, -0.1) is 0 Å². The predicted octanol–water partition coefficient (Wildman–Crippen LogP) is 4.28. The van der Waals surface area contributed by atoms with E-state index in [1.54, 1.807) is 25.1 Å². The van der Waals surface area contributed by atoms with Crippen LogP contribution >= 0.6 is 15.9 Å². The van der Waals surface area contributed by atoms with Gasteiger partial charge in [0.05, 0.1) is 0 Å². The van der Waals surface area contributed by atoms with Gasteiger partial charge in [0.2, 0.25) is 0 Å². The molecule has 2 aromatic carbocycles. The maximum atomic E-state index is 13.2. The van der Waals surface area contributed by atoms with Crippen LogP contribution in [0.15, 0.2) is 40.9 Å². The normalized spacial score (nSPS) is 12.5. The summed E-state index contributed by atoms with van der Waals surface area (Å²) in [5, 5.41) is 0. The Bertz CT molecular complexity index is 599. The van der Waals surface area contributed by atoms with Crippen LogP contribution in [0, 0.1) is 18.6 Å². The molecule has 100 valence electrons. The van der Waals surface area contributed by atoms with Crippen molar-refractivity contribution in [3.05, 3.63) is 69.2 Å². The number of hydrogen-bond acceptors (Lipinski definition) is 1. The molecule has 19 heavy (non-hydrogen) atoms. The van der Waals surface area contributed by atoms with Crippen LogP contribution in [0.4, 0.5) is 8.78 Å². The average molecular weight is 326 g/mol. The monoisotopic (exact) mass is 325 g/mol. The lowest BCUT2D eigenvalue weighted by molar-refractivity contribution is 0.613. The number of hydrogen-bond donors (Lipinski definition) is 1. The molecule has 0 amide bonds. The van der Waals surface area contributed by atoms with Crippen molar-refractivity contribution in [3.63, 3.8) is 0 Å². The second-order valence-electron chi connectivity index (χ2n) is 4.55. The Labute approximate surface area is 119 Å². The Balaban J connectivity index is 2.22. The lowest BCUT2D eigenvalue weighted by Crippen LogP contribution is -2.14. The summed E-state index contributed by atoms with van der Waals surface area (Å²) < 4.78 is 27.2. The standard InChI is InChI=1S/C15H14BrF2N/c1-9-6-10(2-5-14(9)18)15(19)8-11-7-12(17)3-4-13(11)16/h2-7,15H,8,19H2,1H3. The Hall–Kier alpha value is -1.26. The summed E-state index contributed by atoms with van der Waals surface area (Å²) in [6.07, 6.45) is 0.489. The zero-order valence-electron chi connectivity index (χ0n) is 10.5. The summed E-state index contributed by atoms with van der Waals surface area (Å²) in [6, 6.07) is 9.02. The van der Waals surface area contributed by atoms with E-state index in [0.29, 0.717) is 12.0 Å². The van der Waals surface area contributed by atoms with Gasteiger partial charge in [-0.1, -0.05) is 28.1 Å². The first kappa shape index (κ1) is 14.2. The molecule has 2 N–H and O–H groups in total. The van der Waals surface area contributed by atoms with Gasteiger partial charge in [-0.3, -0.25) is 0 Å². The van der Waals surface area contributed by atoms with Crippen LogP contribution in [0.2, 0.25) is 0 Å². The number of benzene rings is 2. The molecule has 0 saturated carbocycles. The van der Waals surface area contributed by atoms with Gasteiger partial charge in [-0.05, 0) is 54.3 Å². The van der Waals surface area contributed by atoms with Gasteiger partial charge in [-0.2, -0.15) is 0 Å². The van der Waals surface area contributed by atoms with Gasteiger partial charge in [0, 0.05) is 10.5 Å². The first-order valence-corrected chi connectivity index (χ1v) is 6.72. The highest BCUT2D eigenvalue weighted by Gasteiger charge is 2.11. The van der Waals surface area contributed by atoms with E-state index in [1.807, 2.05) is 0 Å². The van der Waals surface area contributed by atoms with Crippen molar-refractivity contribution in [2.24, 2.45) is 5.73 Å². The molecule has 2 aromatic rings. The molecule has 1 atom stereocenters. The molecule has 0 aliphatic carbocycles. The number of rotatable bonds is 3. The molecule has 0 aliphatic rings. The van der Waals surface area contributed by atoms with Crippen molar-refractivity contribution in [3.8, 4) is 0 Å². The predicted molar refractivity (Wildman–Crippen MR) is 75.9 cm³/mol. The molecule has 0 heterocycles. The van der Waals surface area contributed by atoms with Crippen molar-refractivity contribution in [2.75, 3.05) is 0 Å². The molecule has 0 aliphatic heterocycles. The van der Waals surface area contributed by atoms with Crippen molar-refractivity contribution in [1.29, 1.82) is 0 Å². The highest BCUT2D eigenvalue weighted by atomic mass is 79.9. The van der Waals surface area contributed by atoms with Gasteiger partial charge in [0.1, 0.15) is 11.6 Å². The Kier molecular flexibility index (Phi) is 4.32. The van der Waals surface area contributed by atoms with Crippen molar-refractivity contribution >= 4 is 15.9 Å². The van der Waals surface area contributed by atoms with Crippen LogP contribution in [0.5, 0.6) is 0 Å². The zero-order valence-corrected chi connectivity index (χ0v) is 12.0. The summed E-state index contributed by atoms with van der Waals surface area (Å²) in [5.41, 5.74) is 8.30. The molecule has 1 unspecified atom stereocenters. The summed E-state index contributed by atoms with van der Waals surface area (Å²) in [5.74, 6) is -0.538. The first-order chi connectivity index (χ1) is 8.97. The second-order valence-corrected chi connectivity index (χ2v) is 5.41. The quantitative estimate of drug-likeness (QED) is 0.895. The number of halogens is 3. The third-order valence-electron chi connectivity index (χ3n) is 3.06. The fourth-order valence-electron chi connectivity index (χ4n) is 1.95. The molecule has 2 rings (SSSR count). The minimum atomic E-state index is -0.294. The summed E-state index contributed by atoms with van der Waals surface area (Å²) in [6.45, 7) is 1.70. The van der Waals surface area contributed by atoms with Crippen LogP contribution in [-0.4, -0.2) is 0 Å². The van der Waals surface area contributed by atoms with Crippen LogP contribution in [-0.2, 0) is 6.42 Å². The van der Waals surface area contributed by atoms with Gasteiger partial charge in [0.25, 0.3) is 0 Å². The van der Waals surface area contributed by atoms with E-state index >= 15 is 0 Å². The van der Waals surface area contributed by atoms with Crippen LogP contribution in [0.3, 0.4) is 0 Å². The number of nitrogens with two attached hydrogens (primary N) is 1. The van der Waals surface area contributed by atoms with Crippen LogP contribution in [0.25, 0.3) is 0 Å². The lowest BCUT2D eigenvalue weighted by Gasteiger charge is -2.14. The van der Waals surface area contributed by atoms with Crippen LogP contribution in [0.1, 0.15) is 22.7 Å². The molecular formula is C15H14BrF2N. The van der Waals surface area contributed by atoms with Crippen molar-refractivity contribution in [2.45, 2.75) is 19.4 Å². The lowest BCUT2D eigenvalue weighted by atomic mass is 9.98. The van der Waals surface area contributed by atoms with E-state index in [2.05, 4.69) is 15.9 Å². The van der Waals surface area contributed by atoms with E-state index in [-0.39, 0.29) is 17.7 Å². The Morgan fingerprint density at radius 1 is 1.16 bits per heavy atom. The molecule has 0 fully saturated rings. The SMILES string of the molecule is Cc1cc(C(N)Cc2cc(F)ccc2Br)ccc1F. The van der Waals surface area contributed by atoms with E-state index in [0.717, 1.165) is 15.6 Å².